The smallest absolute Gasteiger partial charge is 0.341 e. The molecule has 0 aliphatic rings. The Labute approximate surface area is 91.5 Å². The van der Waals surface area contributed by atoms with Crippen molar-refractivity contribution in [3.8, 4) is 11.2 Å². The lowest BCUT2D eigenvalue weighted by atomic mass is 10.2. The van der Waals surface area contributed by atoms with Gasteiger partial charge in [-0.05, 0) is 36.9 Å². The van der Waals surface area contributed by atoms with Crippen LogP contribution in [0.1, 0.15) is 17.3 Å². The van der Waals surface area contributed by atoms with Gasteiger partial charge in [-0.2, -0.15) is 5.26 Å². The van der Waals surface area contributed by atoms with Gasteiger partial charge < -0.3 is 9.84 Å². The Morgan fingerprint density at radius 1 is 1.67 bits per heavy atom. The van der Waals surface area contributed by atoms with Crippen LogP contribution in [0.2, 0.25) is 0 Å². The van der Waals surface area contributed by atoms with E-state index in [0.29, 0.717) is 4.90 Å². The molecule has 0 unspecified atom stereocenters. The summed E-state index contributed by atoms with van der Waals surface area (Å²) in [6.07, 6.45) is 0. The van der Waals surface area contributed by atoms with Crippen molar-refractivity contribution in [1.82, 2.24) is 0 Å². The second-order valence-corrected chi connectivity index (χ2v) is 3.45. The van der Waals surface area contributed by atoms with Crippen LogP contribution >= 0.6 is 11.8 Å². The van der Waals surface area contributed by atoms with Crippen molar-refractivity contribution in [3.05, 3.63) is 23.8 Å². The molecule has 0 spiro atoms. The standard InChI is InChI=1S/C10H9NO3S/c1-2-14-10(13)8-4-3-7(15-6-11)5-9(8)12/h3-5,12H,2H2,1H3. The highest BCUT2D eigenvalue weighted by Gasteiger charge is 2.12. The number of hydrogen-bond acceptors (Lipinski definition) is 5. The number of carbonyl (C=O) groups is 1. The van der Waals surface area contributed by atoms with Crippen molar-refractivity contribution in [2.45, 2.75) is 11.8 Å². The fourth-order valence-electron chi connectivity index (χ4n) is 1.01. The van der Waals surface area contributed by atoms with Crippen molar-refractivity contribution in [2.75, 3.05) is 6.61 Å². The van der Waals surface area contributed by atoms with Crippen LogP contribution in [0.5, 0.6) is 5.75 Å². The number of hydrogen-bond donors (Lipinski definition) is 1. The minimum atomic E-state index is -0.566. The highest BCUT2D eigenvalue weighted by molar-refractivity contribution is 8.03. The lowest BCUT2D eigenvalue weighted by molar-refractivity contribution is 0.0523. The minimum Gasteiger partial charge on any atom is -0.507 e. The number of ether oxygens (including phenoxy) is 1. The van der Waals surface area contributed by atoms with Crippen LogP contribution in [-0.4, -0.2) is 17.7 Å². The topological polar surface area (TPSA) is 70.3 Å². The van der Waals surface area contributed by atoms with Crippen molar-refractivity contribution >= 4 is 17.7 Å². The molecular weight excluding hydrogens is 214 g/mol. The van der Waals surface area contributed by atoms with Crippen molar-refractivity contribution < 1.29 is 14.6 Å². The maximum atomic E-state index is 11.3. The predicted molar refractivity (Wildman–Crippen MR) is 55.5 cm³/mol. The van der Waals surface area contributed by atoms with Gasteiger partial charge in [0.1, 0.15) is 16.7 Å². The van der Waals surface area contributed by atoms with E-state index >= 15 is 0 Å². The Balaban J connectivity index is 2.93. The van der Waals surface area contributed by atoms with E-state index in [0.717, 1.165) is 11.8 Å². The number of phenols is 1. The van der Waals surface area contributed by atoms with E-state index in [2.05, 4.69) is 0 Å². The van der Waals surface area contributed by atoms with E-state index in [1.807, 2.05) is 5.40 Å². The molecule has 1 aromatic carbocycles. The fraction of sp³-hybridized carbons (Fsp3) is 0.200. The molecule has 4 nitrogen and oxygen atoms in total. The summed E-state index contributed by atoms with van der Waals surface area (Å²) in [5.74, 6) is -0.739. The quantitative estimate of drug-likeness (QED) is 0.483. The van der Waals surface area contributed by atoms with Gasteiger partial charge in [0.05, 0.1) is 6.61 Å². The van der Waals surface area contributed by atoms with Crippen LogP contribution < -0.4 is 0 Å². The van der Waals surface area contributed by atoms with Gasteiger partial charge in [0.15, 0.2) is 0 Å². The first-order chi connectivity index (χ1) is 7.19. The third-order valence-corrected chi connectivity index (χ3v) is 2.21. The number of carbonyl (C=O) groups excluding carboxylic acids is 1. The van der Waals surface area contributed by atoms with Crippen LogP contribution in [-0.2, 0) is 4.74 Å². The zero-order valence-electron chi connectivity index (χ0n) is 8.06. The number of nitriles is 1. The molecule has 5 heteroatoms. The Bertz CT molecular complexity index is 412. The third-order valence-electron chi connectivity index (χ3n) is 1.63. The van der Waals surface area contributed by atoms with Gasteiger partial charge in [-0.25, -0.2) is 4.79 Å². The first-order valence-corrected chi connectivity index (χ1v) is 5.06. The number of phenolic OH excluding ortho intramolecular Hbond substituents is 1. The van der Waals surface area contributed by atoms with E-state index in [4.69, 9.17) is 10.00 Å². The summed E-state index contributed by atoms with van der Waals surface area (Å²) in [5, 5.41) is 19.8. The zero-order chi connectivity index (χ0) is 11.3. The second-order valence-electron chi connectivity index (χ2n) is 2.59. The van der Waals surface area contributed by atoms with Gasteiger partial charge in [-0.15, -0.1) is 0 Å². The largest absolute Gasteiger partial charge is 0.507 e. The molecule has 15 heavy (non-hydrogen) atoms. The highest BCUT2D eigenvalue weighted by atomic mass is 32.2. The first kappa shape index (κ1) is 11.4. The van der Waals surface area contributed by atoms with Gasteiger partial charge in [0.2, 0.25) is 0 Å². The maximum Gasteiger partial charge on any atom is 0.341 e. The average molecular weight is 223 g/mol. The molecule has 0 saturated carbocycles. The number of thiocyanates is 1. The SMILES string of the molecule is CCOC(=O)c1ccc(SC#N)cc1O. The van der Waals surface area contributed by atoms with Crippen LogP contribution in [0.3, 0.4) is 0 Å². The summed E-state index contributed by atoms with van der Waals surface area (Å²) in [4.78, 5) is 11.9. The fourth-order valence-corrected chi connectivity index (χ4v) is 1.42. The van der Waals surface area contributed by atoms with E-state index in [1.165, 1.54) is 12.1 Å². The van der Waals surface area contributed by atoms with Crippen LogP contribution in [0.15, 0.2) is 23.1 Å². The Kier molecular flexibility index (Phi) is 4.01. The van der Waals surface area contributed by atoms with E-state index in [1.54, 1.807) is 13.0 Å². The molecule has 0 heterocycles. The van der Waals surface area contributed by atoms with Crippen molar-refractivity contribution in [1.29, 1.82) is 5.26 Å². The molecule has 0 fully saturated rings. The van der Waals surface area contributed by atoms with Crippen LogP contribution in [0, 0.1) is 10.7 Å². The van der Waals surface area contributed by atoms with Gasteiger partial charge in [-0.3, -0.25) is 0 Å². The first-order valence-electron chi connectivity index (χ1n) is 4.25. The Hall–Kier alpha value is -1.67. The summed E-state index contributed by atoms with van der Waals surface area (Å²) in [6.45, 7) is 1.95. The molecule has 1 rings (SSSR count). The molecule has 0 radical (unpaired) electrons. The third kappa shape index (κ3) is 2.89. The molecule has 1 N–H and O–H groups in total. The van der Waals surface area contributed by atoms with E-state index < -0.39 is 5.97 Å². The molecule has 0 atom stereocenters. The molecule has 0 aliphatic carbocycles. The number of nitrogens with zero attached hydrogens (tertiary/aromatic N) is 1. The summed E-state index contributed by atoms with van der Waals surface area (Å²) >= 11 is 0.917. The number of aromatic hydroxyl groups is 1. The van der Waals surface area contributed by atoms with Gasteiger partial charge in [-0.1, -0.05) is 0 Å². The summed E-state index contributed by atoms with van der Waals surface area (Å²) in [7, 11) is 0. The molecule has 0 bridgehead atoms. The van der Waals surface area contributed by atoms with E-state index in [-0.39, 0.29) is 17.9 Å². The molecule has 0 saturated heterocycles. The number of rotatable bonds is 3. The van der Waals surface area contributed by atoms with Crippen LogP contribution in [0.25, 0.3) is 0 Å². The Morgan fingerprint density at radius 2 is 2.40 bits per heavy atom. The summed E-state index contributed by atoms with van der Waals surface area (Å²) < 4.78 is 4.74. The monoisotopic (exact) mass is 223 g/mol. The van der Waals surface area contributed by atoms with E-state index in [9.17, 15) is 9.90 Å². The number of esters is 1. The predicted octanol–water partition coefficient (Wildman–Crippen LogP) is 2.14. The molecule has 0 aromatic heterocycles. The van der Waals surface area contributed by atoms with Gasteiger partial charge in [0.25, 0.3) is 0 Å². The molecular formula is C10H9NO3S. The molecule has 78 valence electrons. The summed E-state index contributed by atoms with van der Waals surface area (Å²) in [6, 6.07) is 4.38. The molecule has 1 aromatic rings. The minimum absolute atomic E-state index is 0.110. The summed E-state index contributed by atoms with van der Waals surface area (Å²) in [5.41, 5.74) is 0.110. The zero-order valence-corrected chi connectivity index (χ0v) is 8.87. The lowest BCUT2D eigenvalue weighted by Gasteiger charge is -2.04. The average Bonchev–Trinajstić information content (AvgIpc) is 2.18. The lowest BCUT2D eigenvalue weighted by Crippen LogP contribution is -2.04. The number of thioether (sulfide) groups is 1. The van der Waals surface area contributed by atoms with Crippen molar-refractivity contribution in [3.63, 3.8) is 0 Å². The van der Waals surface area contributed by atoms with Gasteiger partial charge >= 0.3 is 5.97 Å². The normalized spacial score (nSPS) is 9.33. The van der Waals surface area contributed by atoms with Crippen molar-refractivity contribution in [2.24, 2.45) is 0 Å². The molecule has 0 amide bonds. The van der Waals surface area contributed by atoms with Gasteiger partial charge in [0, 0.05) is 4.90 Å². The highest BCUT2D eigenvalue weighted by Crippen LogP contribution is 2.25. The van der Waals surface area contributed by atoms with Crippen LogP contribution in [0.4, 0.5) is 0 Å². The second kappa shape index (κ2) is 5.27. The maximum absolute atomic E-state index is 11.3. The molecule has 0 aliphatic heterocycles. The number of benzene rings is 1. The Morgan fingerprint density at radius 3 is 2.93 bits per heavy atom.